The van der Waals surface area contributed by atoms with Crippen molar-refractivity contribution < 1.29 is 9.53 Å². The number of carbonyl (C=O) groups is 1. The number of amides is 1. The van der Waals surface area contributed by atoms with Crippen molar-refractivity contribution >= 4 is 17.2 Å². The molecular weight excluding hydrogens is 394 g/mol. The number of aryl methyl sites for hydroxylation is 1. The zero-order chi connectivity index (χ0) is 20.5. The fourth-order valence-electron chi connectivity index (χ4n) is 4.67. The second kappa shape index (κ2) is 8.36. The molecule has 0 radical (unpaired) electrons. The summed E-state index contributed by atoms with van der Waals surface area (Å²) in [5.74, 6) is 1.23. The lowest BCUT2D eigenvalue weighted by atomic mass is 9.95. The van der Waals surface area contributed by atoms with E-state index in [1.54, 1.807) is 18.4 Å². The predicted octanol–water partition coefficient (Wildman–Crippen LogP) is 4.34. The fraction of sp³-hybridized carbons (Fsp3) is 0.417. The molecular formula is C24H27N3O2S. The van der Waals surface area contributed by atoms with E-state index in [0.717, 1.165) is 60.7 Å². The van der Waals surface area contributed by atoms with Crippen LogP contribution in [0, 0.1) is 0 Å². The first-order chi connectivity index (χ1) is 14.8. The molecule has 2 aliphatic rings. The van der Waals surface area contributed by atoms with Crippen molar-refractivity contribution in [1.82, 2.24) is 14.5 Å². The van der Waals surface area contributed by atoms with Crippen LogP contribution in [0.3, 0.4) is 0 Å². The first-order valence-corrected chi connectivity index (χ1v) is 11.7. The van der Waals surface area contributed by atoms with Gasteiger partial charge in [-0.2, -0.15) is 0 Å². The fourth-order valence-corrected chi connectivity index (χ4v) is 5.79. The van der Waals surface area contributed by atoms with Gasteiger partial charge in [0, 0.05) is 42.4 Å². The van der Waals surface area contributed by atoms with Crippen molar-refractivity contribution in [2.45, 2.75) is 45.2 Å². The van der Waals surface area contributed by atoms with Crippen molar-refractivity contribution in [3.63, 3.8) is 0 Å². The second-order valence-corrected chi connectivity index (χ2v) is 9.03. The first kappa shape index (κ1) is 19.5. The number of thiophene rings is 1. The number of carbonyl (C=O) groups excluding carboxylic acids is 1. The summed E-state index contributed by atoms with van der Waals surface area (Å²) in [5, 5.41) is 2.09. The van der Waals surface area contributed by atoms with E-state index in [1.807, 2.05) is 23.1 Å². The lowest BCUT2D eigenvalue weighted by Gasteiger charge is -2.30. The molecule has 0 bridgehead atoms. The Morgan fingerprint density at radius 2 is 2.00 bits per heavy atom. The van der Waals surface area contributed by atoms with Crippen molar-refractivity contribution in [2.75, 3.05) is 20.3 Å². The highest BCUT2D eigenvalue weighted by molar-refractivity contribution is 7.10. The van der Waals surface area contributed by atoms with Gasteiger partial charge in [0.1, 0.15) is 5.82 Å². The molecule has 30 heavy (non-hydrogen) atoms. The summed E-state index contributed by atoms with van der Waals surface area (Å²) in [6, 6.07) is 10.3. The number of benzene rings is 1. The maximum atomic E-state index is 13.5. The van der Waals surface area contributed by atoms with Gasteiger partial charge in [0.05, 0.1) is 30.1 Å². The lowest BCUT2D eigenvalue weighted by molar-refractivity contribution is 0.0709. The number of rotatable bonds is 5. The van der Waals surface area contributed by atoms with E-state index in [2.05, 4.69) is 22.1 Å². The number of imidazole rings is 1. The molecule has 3 heterocycles. The normalized spacial score (nSPS) is 15.7. The molecule has 5 nitrogen and oxygen atoms in total. The van der Waals surface area contributed by atoms with Gasteiger partial charge < -0.3 is 14.2 Å². The van der Waals surface area contributed by atoms with E-state index in [0.29, 0.717) is 13.2 Å². The Kier molecular flexibility index (Phi) is 5.44. The minimum atomic E-state index is 0.180. The summed E-state index contributed by atoms with van der Waals surface area (Å²) in [4.78, 5) is 21.9. The van der Waals surface area contributed by atoms with Crippen LogP contribution in [0.4, 0.5) is 0 Å². The molecule has 5 rings (SSSR count). The largest absolute Gasteiger partial charge is 0.384 e. The molecule has 0 saturated carbocycles. The summed E-state index contributed by atoms with van der Waals surface area (Å²) in [7, 11) is 1.72. The van der Waals surface area contributed by atoms with Crippen molar-refractivity contribution in [2.24, 2.45) is 0 Å². The van der Waals surface area contributed by atoms with Gasteiger partial charge in [0.2, 0.25) is 0 Å². The van der Waals surface area contributed by atoms with Gasteiger partial charge in [-0.15, -0.1) is 11.3 Å². The van der Waals surface area contributed by atoms with E-state index < -0.39 is 0 Å². The number of nitrogens with zero attached hydrogens (tertiary/aromatic N) is 3. The Balaban J connectivity index is 1.47. The number of fused-ring (bicyclic) bond motifs is 2. The quantitative estimate of drug-likeness (QED) is 0.616. The maximum absolute atomic E-state index is 13.5. The van der Waals surface area contributed by atoms with Crippen LogP contribution in [-0.4, -0.2) is 40.6 Å². The zero-order valence-electron chi connectivity index (χ0n) is 17.4. The van der Waals surface area contributed by atoms with Gasteiger partial charge in [-0.3, -0.25) is 4.79 Å². The van der Waals surface area contributed by atoms with Crippen molar-refractivity contribution in [1.29, 1.82) is 0 Å². The molecule has 1 aliphatic heterocycles. The Bertz CT molecular complexity index is 1050. The standard InChI is InChI=1S/C24H27N3O2S/c1-29-14-11-22-25-23(17-7-3-2-4-8-17)20-15-26(12-13-27(20)22)24(28)19-16-30-21-10-6-5-9-18(19)21/h2-4,7-8,16H,5-6,9-15H2,1H3. The number of aromatic nitrogens is 2. The molecule has 0 N–H and O–H groups in total. The van der Waals surface area contributed by atoms with Crippen LogP contribution < -0.4 is 0 Å². The average Bonchev–Trinajstić information content (AvgIpc) is 3.39. The molecule has 3 aromatic rings. The number of ether oxygens (including phenoxy) is 1. The van der Waals surface area contributed by atoms with Gasteiger partial charge >= 0.3 is 0 Å². The zero-order valence-corrected chi connectivity index (χ0v) is 18.2. The average molecular weight is 422 g/mol. The van der Waals surface area contributed by atoms with Gasteiger partial charge in [0.25, 0.3) is 5.91 Å². The second-order valence-electron chi connectivity index (χ2n) is 8.07. The van der Waals surface area contributed by atoms with Gasteiger partial charge in [-0.25, -0.2) is 4.98 Å². The predicted molar refractivity (Wildman–Crippen MR) is 119 cm³/mol. The van der Waals surface area contributed by atoms with Crippen LogP contribution in [0.5, 0.6) is 0 Å². The first-order valence-electron chi connectivity index (χ1n) is 10.8. The minimum absolute atomic E-state index is 0.180. The lowest BCUT2D eigenvalue weighted by Crippen LogP contribution is -2.39. The minimum Gasteiger partial charge on any atom is -0.384 e. The third kappa shape index (κ3) is 3.48. The van der Waals surface area contributed by atoms with Crippen LogP contribution in [0.1, 0.15) is 45.2 Å². The highest BCUT2D eigenvalue weighted by Crippen LogP contribution is 2.33. The van der Waals surface area contributed by atoms with E-state index >= 15 is 0 Å². The smallest absolute Gasteiger partial charge is 0.255 e. The van der Waals surface area contributed by atoms with Gasteiger partial charge in [-0.05, 0) is 31.2 Å². The van der Waals surface area contributed by atoms with Gasteiger partial charge in [-0.1, -0.05) is 30.3 Å². The van der Waals surface area contributed by atoms with Crippen LogP contribution in [0.15, 0.2) is 35.7 Å². The van der Waals surface area contributed by atoms with E-state index in [4.69, 9.17) is 9.72 Å². The topological polar surface area (TPSA) is 47.4 Å². The third-order valence-electron chi connectivity index (χ3n) is 6.24. The highest BCUT2D eigenvalue weighted by atomic mass is 32.1. The summed E-state index contributed by atoms with van der Waals surface area (Å²) in [6.45, 7) is 2.76. The molecule has 1 aromatic carbocycles. The van der Waals surface area contributed by atoms with Crippen LogP contribution >= 0.6 is 11.3 Å². The third-order valence-corrected chi connectivity index (χ3v) is 7.33. The van der Waals surface area contributed by atoms with Gasteiger partial charge in [0.15, 0.2) is 0 Å². The van der Waals surface area contributed by atoms with Crippen LogP contribution in [0.25, 0.3) is 11.3 Å². The molecule has 156 valence electrons. The highest BCUT2D eigenvalue weighted by Gasteiger charge is 2.30. The summed E-state index contributed by atoms with van der Waals surface area (Å²) < 4.78 is 7.60. The van der Waals surface area contributed by atoms with Crippen LogP contribution in [-0.2, 0) is 37.1 Å². The summed E-state index contributed by atoms with van der Waals surface area (Å²) in [6.07, 6.45) is 5.39. The monoisotopic (exact) mass is 421 g/mol. The molecule has 0 atom stereocenters. The molecule has 2 aromatic heterocycles. The molecule has 1 aliphatic carbocycles. The number of hydrogen-bond acceptors (Lipinski definition) is 4. The molecule has 0 saturated heterocycles. The van der Waals surface area contributed by atoms with E-state index in [9.17, 15) is 4.79 Å². The Hall–Kier alpha value is -2.44. The molecule has 0 fully saturated rings. The molecule has 0 spiro atoms. The summed E-state index contributed by atoms with van der Waals surface area (Å²) in [5.41, 5.74) is 5.47. The van der Waals surface area contributed by atoms with E-state index in [-0.39, 0.29) is 5.91 Å². The Labute approximate surface area is 181 Å². The SMILES string of the molecule is COCCc1nc(-c2ccccc2)c2n1CCN(C(=O)c1csc3c1CCCC3)C2. The van der Waals surface area contributed by atoms with Crippen molar-refractivity contribution in [3.8, 4) is 11.3 Å². The number of methoxy groups -OCH3 is 1. The molecule has 6 heteroatoms. The van der Waals surface area contributed by atoms with Crippen LogP contribution in [0.2, 0.25) is 0 Å². The molecule has 0 unspecified atom stereocenters. The molecule has 1 amide bonds. The Morgan fingerprint density at radius 3 is 2.83 bits per heavy atom. The Morgan fingerprint density at radius 1 is 1.17 bits per heavy atom. The summed E-state index contributed by atoms with van der Waals surface area (Å²) >= 11 is 1.76. The van der Waals surface area contributed by atoms with Crippen molar-refractivity contribution in [3.05, 3.63) is 63.2 Å². The number of hydrogen-bond donors (Lipinski definition) is 0. The maximum Gasteiger partial charge on any atom is 0.255 e. The van der Waals surface area contributed by atoms with E-state index in [1.165, 1.54) is 23.3 Å².